The van der Waals surface area contributed by atoms with E-state index in [2.05, 4.69) is 10.3 Å². The summed E-state index contributed by atoms with van der Waals surface area (Å²) in [5, 5.41) is 5.76. The maximum Gasteiger partial charge on any atom is 0.282 e. The topological polar surface area (TPSA) is 99.7 Å². The van der Waals surface area contributed by atoms with Crippen molar-refractivity contribution in [2.75, 3.05) is 26.2 Å². The van der Waals surface area contributed by atoms with Crippen molar-refractivity contribution in [3.05, 3.63) is 57.0 Å². The van der Waals surface area contributed by atoms with Gasteiger partial charge in [0, 0.05) is 49.0 Å². The monoisotopic (exact) mass is 504 g/mol. The van der Waals surface area contributed by atoms with Gasteiger partial charge in [-0.3, -0.25) is 4.79 Å². The molecule has 1 fully saturated rings. The molecule has 3 heterocycles. The molecule has 172 valence electrons. The van der Waals surface area contributed by atoms with Crippen LogP contribution in [0.3, 0.4) is 0 Å². The number of hydrogen-bond acceptors (Lipinski definition) is 7. The molecule has 2 aromatic carbocycles. The van der Waals surface area contributed by atoms with Gasteiger partial charge in [0.15, 0.2) is 5.01 Å². The molecule has 0 spiro atoms. The molecule has 3 aromatic rings. The molecule has 1 unspecified atom stereocenters. The fraction of sp³-hybridized carbons (Fsp3) is 0.318. The third kappa shape index (κ3) is 4.29. The van der Waals surface area contributed by atoms with Crippen LogP contribution in [0.5, 0.6) is 0 Å². The number of rotatable bonds is 4. The first-order valence-electron chi connectivity index (χ1n) is 10.5. The van der Waals surface area contributed by atoms with Gasteiger partial charge in [-0.1, -0.05) is 23.7 Å². The normalized spacial score (nSPS) is 19.4. The summed E-state index contributed by atoms with van der Waals surface area (Å²) in [5.74, 6) is -0.198. The molecule has 0 bridgehead atoms. The molecule has 1 aromatic heterocycles. The quantitative estimate of drug-likeness (QED) is 0.547. The second-order valence-corrected chi connectivity index (χ2v) is 11.5. The van der Waals surface area contributed by atoms with Crippen LogP contribution in [-0.4, -0.2) is 67.0 Å². The summed E-state index contributed by atoms with van der Waals surface area (Å²) in [6, 6.07) is 10.0. The van der Waals surface area contributed by atoms with Crippen molar-refractivity contribution in [2.24, 2.45) is 0 Å². The van der Waals surface area contributed by atoms with Crippen LogP contribution in [0.25, 0.3) is 10.8 Å². The summed E-state index contributed by atoms with van der Waals surface area (Å²) >= 11 is 7.35. The molecule has 1 amide bonds. The van der Waals surface area contributed by atoms with E-state index in [1.54, 1.807) is 41.3 Å². The van der Waals surface area contributed by atoms with Crippen LogP contribution in [0.2, 0.25) is 5.02 Å². The molecule has 11 heteroatoms. The van der Waals surface area contributed by atoms with Crippen molar-refractivity contribution >= 4 is 55.9 Å². The molecular weight excluding hydrogens is 484 g/mol. The van der Waals surface area contributed by atoms with Gasteiger partial charge in [0.1, 0.15) is 6.29 Å². The number of aromatic nitrogens is 1. The predicted molar refractivity (Wildman–Crippen MR) is 126 cm³/mol. The number of halogens is 1. The summed E-state index contributed by atoms with van der Waals surface area (Å²) in [4.78, 5) is 31.3. The molecule has 0 radical (unpaired) electrons. The number of nitrogens with zero attached hydrogens (tertiary/aromatic N) is 3. The zero-order valence-electron chi connectivity index (χ0n) is 17.5. The van der Waals surface area contributed by atoms with Gasteiger partial charge < -0.3 is 15.0 Å². The molecule has 5 rings (SSSR count). The van der Waals surface area contributed by atoms with Crippen LogP contribution in [0, 0.1) is 0 Å². The summed E-state index contributed by atoms with van der Waals surface area (Å²) in [6.45, 7) is 1.54. The Balaban J connectivity index is 1.28. The number of carbonyl (C=O) groups is 2. The number of piperazine rings is 1. The van der Waals surface area contributed by atoms with E-state index in [0.29, 0.717) is 36.1 Å². The average molecular weight is 505 g/mol. The van der Waals surface area contributed by atoms with Gasteiger partial charge in [0.2, 0.25) is 10.0 Å². The third-order valence-electron chi connectivity index (χ3n) is 6.00. The van der Waals surface area contributed by atoms with E-state index in [1.165, 1.54) is 15.6 Å². The van der Waals surface area contributed by atoms with Crippen molar-refractivity contribution < 1.29 is 18.0 Å². The van der Waals surface area contributed by atoms with E-state index >= 15 is 0 Å². The van der Waals surface area contributed by atoms with E-state index < -0.39 is 10.0 Å². The lowest BCUT2D eigenvalue weighted by Crippen LogP contribution is -2.50. The van der Waals surface area contributed by atoms with Crippen LogP contribution in [0.15, 0.2) is 41.3 Å². The minimum atomic E-state index is -3.68. The maximum absolute atomic E-state index is 13.2. The lowest BCUT2D eigenvalue weighted by molar-refractivity contribution is -0.109. The zero-order chi connectivity index (χ0) is 23.2. The van der Waals surface area contributed by atoms with E-state index in [9.17, 15) is 18.0 Å². The van der Waals surface area contributed by atoms with Crippen LogP contribution in [0.4, 0.5) is 0 Å². The lowest BCUT2D eigenvalue weighted by Gasteiger charge is -2.33. The zero-order valence-corrected chi connectivity index (χ0v) is 19.9. The van der Waals surface area contributed by atoms with E-state index in [-0.39, 0.29) is 29.9 Å². The predicted octanol–water partition coefficient (Wildman–Crippen LogP) is 2.31. The van der Waals surface area contributed by atoms with Gasteiger partial charge >= 0.3 is 0 Å². The fourth-order valence-electron chi connectivity index (χ4n) is 4.14. The minimum Gasteiger partial charge on any atom is -0.334 e. The molecule has 2 aliphatic heterocycles. The summed E-state index contributed by atoms with van der Waals surface area (Å²) in [6.07, 6.45) is 1.33. The van der Waals surface area contributed by atoms with Crippen LogP contribution < -0.4 is 5.32 Å². The van der Waals surface area contributed by atoms with Gasteiger partial charge in [-0.05, 0) is 35.0 Å². The van der Waals surface area contributed by atoms with Crippen molar-refractivity contribution in [1.82, 2.24) is 19.5 Å². The van der Waals surface area contributed by atoms with Crippen LogP contribution in [0.1, 0.15) is 20.4 Å². The molecule has 1 saturated heterocycles. The van der Waals surface area contributed by atoms with Crippen molar-refractivity contribution in [2.45, 2.75) is 23.9 Å². The average Bonchev–Trinajstić information content (AvgIpc) is 3.26. The standard InChI is InChI=1S/C22H21ClN4O4S2/c23-16-3-1-15-10-18(4-2-14(15)9-16)33(30,31)27-7-5-26(6-8-27)22(29)21-25-19-11-17(13-28)24-12-20(19)32-21/h1-4,9-10,13,17,24H,5-8,11-12H2. The molecule has 1 atom stereocenters. The Hall–Kier alpha value is -2.37. The smallest absolute Gasteiger partial charge is 0.282 e. The second kappa shape index (κ2) is 8.77. The van der Waals surface area contributed by atoms with Gasteiger partial charge in [0.25, 0.3) is 5.91 Å². The number of amides is 1. The summed E-state index contributed by atoms with van der Waals surface area (Å²) in [7, 11) is -3.68. The van der Waals surface area contributed by atoms with Crippen molar-refractivity contribution in [3.8, 4) is 0 Å². The van der Waals surface area contributed by atoms with E-state index in [0.717, 1.165) is 27.6 Å². The molecule has 8 nitrogen and oxygen atoms in total. The number of fused-ring (bicyclic) bond motifs is 2. The van der Waals surface area contributed by atoms with E-state index in [4.69, 9.17) is 11.6 Å². The highest BCUT2D eigenvalue weighted by Crippen LogP contribution is 2.27. The highest BCUT2D eigenvalue weighted by molar-refractivity contribution is 7.89. The number of hydrogen-bond donors (Lipinski definition) is 1. The summed E-state index contributed by atoms with van der Waals surface area (Å²) < 4.78 is 27.8. The first-order chi connectivity index (χ1) is 15.8. The van der Waals surface area contributed by atoms with Gasteiger partial charge in [0.05, 0.1) is 16.6 Å². The number of carbonyl (C=O) groups excluding carboxylic acids is 2. The van der Waals surface area contributed by atoms with Crippen LogP contribution in [-0.2, 0) is 27.8 Å². The molecule has 0 saturated carbocycles. The highest BCUT2D eigenvalue weighted by atomic mass is 35.5. The number of aldehydes is 1. The lowest BCUT2D eigenvalue weighted by atomic mass is 10.1. The molecular formula is C22H21ClN4O4S2. The van der Waals surface area contributed by atoms with E-state index in [1.807, 2.05) is 0 Å². The molecule has 2 aliphatic rings. The Bertz CT molecular complexity index is 1350. The molecule has 1 N–H and O–H groups in total. The second-order valence-electron chi connectivity index (χ2n) is 8.07. The van der Waals surface area contributed by atoms with Crippen LogP contribution >= 0.6 is 22.9 Å². The van der Waals surface area contributed by atoms with Gasteiger partial charge in [-0.15, -0.1) is 11.3 Å². The number of benzene rings is 2. The van der Waals surface area contributed by atoms with Gasteiger partial charge in [-0.25, -0.2) is 13.4 Å². The Morgan fingerprint density at radius 1 is 1.12 bits per heavy atom. The Kier molecular flexibility index (Phi) is 5.96. The fourth-order valence-corrected chi connectivity index (χ4v) is 6.79. The number of nitrogens with one attached hydrogen (secondary N) is 1. The largest absolute Gasteiger partial charge is 0.334 e. The van der Waals surface area contributed by atoms with Crippen molar-refractivity contribution in [1.29, 1.82) is 0 Å². The Morgan fingerprint density at radius 3 is 2.61 bits per heavy atom. The number of sulfonamides is 1. The SMILES string of the molecule is O=CC1Cc2nc(C(=O)N3CCN(S(=O)(=O)c4ccc5cc(Cl)ccc5c4)CC3)sc2CN1. The number of thiazole rings is 1. The molecule has 0 aliphatic carbocycles. The maximum atomic E-state index is 13.2. The van der Waals surface area contributed by atoms with Gasteiger partial charge in [-0.2, -0.15) is 4.31 Å². The first kappa shape index (κ1) is 22.4. The first-order valence-corrected chi connectivity index (χ1v) is 13.1. The van der Waals surface area contributed by atoms with Crippen molar-refractivity contribution in [3.63, 3.8) is 0 Å². The minimum absolute atomic E-state index is 0.198. The summed E-state index contributed by atoms with van der Waals surface area (Å²) in [5.41, 5.74) is 0.790. The Labute approximate surface area is 200 Å². The highest BCUT2D eigenvalue weighted by Gasteiger charge is 2.32. The third-order valence-corrected chi connectivity index (χ3v) is 9.22. The Morgan fingerprint density at radius 2 is 1.85 bits per heavy atom. The molecule has 33 heavy (non-hydrogen) atoms.